The van der Waals surface area contributed by atoms with E-state index in [9.17, 15) is 5.21 Å². The Kier molecular flexibility index (Phi) is 4.19. The minimum Gasteiger partial charge on any atom is -0.497 e. The SMILES string of the molecule is COc1ccc(/C(COc2ccc3oc4ccccc4c3c2)=N/O)cc1. The van der Waals surface area contributed by atoms with Gasteiger partial charge in [-0.1, -0.05) is 23.4 Å². The maximum atomic E-state index is 9.33. The second-order valence-corrected chi connectivity index (χ2v) is 5.82. The molecule has 0 saturated heterocycles. The van der Waals surface area contributed by atoms with Crippen LogP contribution in [0.5, 0.6) is 11.5 Å². The largest absolute Gasteiger partial charge is 0.497 e. The topological polar surface area (TPSA) is 64.2 Å². The van der Waals surface area contributed by atoms with Gasteiger partial charge in [0, 0.05) is 16.3 Å². The van der Waals surface area contributed by atoms with Crippen LogP contribution in [0, 0.1) is 0 Å². The predicted octanol–water partition coefficient (Wildman–Crippen LogP) is 4.85. The quantitative estimate of drug-likeness (QED) is 0.318. The fourth-order valence-corrected chi connectivity index (χ4v) is 2.90. The van der Waals surface area contributed by atoms with Crippen molar-refractivity contribution in [3.63, 3.8) is 0 Å². The number of para-hydroxylation sites is 1. The number of nitrogens with zero attached hydrogens (tertiary/aromatic N) is 1. The molecule has 4 rings (SSSR count). The molecule has 0 spiro atoms. The van der Waals surface area contributed by atoms with E-state index in [0.717, 1.165) is 33.3 Å². The number of furan rings is 1. The van der Waals surface area contributed by atoms with Crippen LogP contribution in [0.25, 0.3) is 21.9 Å². The highest BCUT2D eigenvalue weighted by Gasteiger charge is 2.10. The lowest BCUT2D eigenvalue weighted by molar-refractivity contribution is 0.308. The van der Waals surface area contributed by atoms with Crippen molar-refractivity contribution in [1.29, 1.82) is 0 Å². The Morgan fingerprint density at radius 1 is 0.923 bits per heavy atom. The first-order valence-electron chi connectivity index (χ1n) is 8.18. The molecule has 0 bridgehead atoms. The molecule has 0 amide bonds. The standard InChI is InChI=1S/C21H17NO4/c1-24-15-8-6-14(7-9-15)19(22-23)13-25-16-10-11-21-18(12-16)17-4-2-3-5-20(17)26-21/h2-12,23H,13H2,1H3/b22-19+. The highest BCUT2D eigenvalue weighted by molar-refractivity contribution is 6.05. The molecular formula is C21H17NO4. The van der Waals surface area contributed by atoms with Crippen LogP contribution >= 0.6 is 0 Å². The smallest absolute Gasteiger partial charge is 0.135 e. The normalized spacial score (nSPS) is 11.8. The number of ether oxygens (including phenoxy) is 2. The maximum Gasteiger partial charge on any atom is 0.135 e. The van der Waals surface area contributed by atoms with Crippen LogP contribution in [0.4, 0.5) is 0 Å². The van der Waals surface area contributed by atoms with Crippen LogP contribution in [0.2, 0.25) is 0 Å². The number of hydrogen-bond donors (Lipinski definition) is 1. The Morgan fingerprint density at radius 3 is 2.42 bits per heavy atom. The number of benzene rings is 3. The molecule has 5 nitrogen and oxygen atoms in total. The Hall–Kier alpha value is -3.47. The summed E-state index contributed by atoms with van der Waals surface area (Å²) in [7, 11) is 1.61. The minimum absolute atomic E-state index is 0.143. The molecule has 5 heteroatoms. The number of oxime groups is 1. The molecule has 1 heterocycles. The van der Waals surface area contributed by atoms with Crippen molar-refractivity contribution in [2.24, 2.45) is 5.16 Å². The lowest BCUT2D eigenvalue weighted by Crippen LogP contribution is -2.13. The van der Waals surface area contributed by atoms with E-state index < -0.39 is 0 Å². The zero-order valence-corrected chi connectivity index (χ0v) is 14.2. The first kappa shape index (κ1) is 16.0. The molecule has 0 radical (unpaired) electrons. The second kappa shape index (κ2) is 6.80. The Bertz CT molecular complexity index is 1080. The Morgan fingerprint density at radius 2 is 1.65 bits per heavy atom. The number of fused-ring (bicyclic) bond motifs is 3. The summed E-state index contributed by atoms with van der Waals surface area (Å²) in [6, 6.07) is 20.8. The summed E-state index contributed by atoms with van der Waals surface area (Å²) in [5.74, 6) is 1.42. The summed E-state index contributed by atoms with van der Waals surface area (Å²) in [6.07, 6.45) is 0. The van der Waals surface area contributed by atoms with Crippen molar-refractivity contribution in [2.45, 2.75) is 0 Å². The van der Waals surface area contributed by atoms with Gasteiger partial charge in [-0.2, -0.15) is 0 Å². The van der Waals surface area contributed by atoms with Gasteiger partial charge in [-0.15, -0.1) is 0 Å². The van der Waals surface area contributed by atoms with Crippen LogP contribution in [-0.2, 0) is 0 Å². The van der Waals surface area contributed by atoms with Crippen LogP contribution < -0.4 is 9.47 Å². The average Bonchev–Trinajstić information content (AvgIpc) is 3.07. The lowest BCUT2D eigenvalue weighted by Gasteiger charge is -2.08. The molecule has 0 atom stereocenters. The molecule has 1 N–H and O–H groups in total. The monoisotopic (exact) mass is 347 g/mol. The average molecular weight is 347 g/mol. The zero-order valence-electron chi connectivity index (χ0n) is 14.2. The summed E-state index contributed by atoms with van der Waals surface area (Å²) in [5.41, 5.74) is 2.85. The van der Waals surface area contributed by atoms with Crippen LogP contribution in [0.1, 0.15) is 5.56 Å². The first-order chi connectivity index (χ1) is 12.8. The summed E-state index contributed by atoms with van der Waals surface area (Å²) in [6.45, 7) is 0.143. The number of methoxy groups -OCH3 is 1. The van der Waals surface area contributed by atoms with Crippen molar-refractivity contribution in [2.75, 3.05) is 13.7 Å². The van der Waals surface area contributed by atoms with Crippen molar-refractivity contribution in [3.8, 4) is 11.5 Å². The van der Waals surface area contributed by atoms with Gasteiger partial charge in [0.25, 0.3) is 0 Å². The van der Waals surface area contributed by atoms with E-state index in [-0.39, 0.29) is 6.61 Å². The summed E-state index contributed by atoms with van der Waals surface area (Å²) >= 11 is 0. The fourth-order valence-electron chi connectivity index (χ4n) is 2.90. The molecule has 0 aliphatic rings. The maximum absolute atomic E-state index is 9.33. The van der Waals surface area contributed by atoms with Crippen molar-refractivity contribution in [3.05, 3.63) is 72.3 Å². The molecular weight excluding hydrogens is 330 g/mol. The van der Waals surface area contributed by atoms with E-state index in [1.807, 2.05) is 66.7 Å². The zero-order chi connectivity index (χ0) is 17.9. The Balaban J connectivity index is 1.57. The van der Waals surface area contributed by atoms with Crippen LogP contribution in [-0.4, -0.2) is 24.6 Å². The molecule has 130 valence electrons. The van der Waals surface area contributed by atoms with Gasteiger partial charge in [-0.05, 0) is 48.5 Å². The van der Waals surface area contributed by atoms with E-state index >= 15 is 0 Å². The van der Waals surface area contributed by atoms with Gasteiger partial charge in [0.15, 0.2) is 0 Å². The highest BCUT2D eigenvalue weighted by atomic mass is 16.5. The molecule has 0 fully saturated rings. The van der Waals surface area contributed by atoms with Crippen molar-refractivity contribution < 1.29 is 19.1 Å². The van der Waals surface area contributed by atoms with Gasteiger partial charge in [0.05, 0.1) is 7.11 Å². The molecule has 0 unspecified atom stereocenters. The van der Waals surface area contributed by atoms with E-state index in [0.29, 0.717) is 11.5 Å². The molecule has 3 aromatic carbocycles. The molecule has 4 aromatic rings. The third kappa shape index (κ3) is 2.95. The van der Waals surface area contributed by atoms with Gasteiger partial charge in [0.1, 0.15) is 35.0 Å². The minimum atomic E-state index is 0.143. The fraction of sp³-hybridized carbons (Fsp3) is 0.0952. The third-order valence-electron chi connectivity index (χ3n) is 4.27. The van der Waals surface area contributed by atoms with Gasteiger partial charge < -0.3 is 19.1 Å². The number of rotatable bonds is 5. The first-order valence-corrected chi connectivity index (χ1v) is 8.18. The van der Waals surface area contributed by atoms with Gasteiger partial charge in [-0.3, -0.25) is 0 Å². The van der Waals surface area contributed by atoms with E-state index in [4.69, 9.17) is 13.9 Å². The van der Waals surface area contributed by atoms with Gasteiger partial charge in [0.2, 0.25) is 0 Å². The van der Waals surface area contributed by atoms with E-state index in [1.165, 1.54) is 0 Å². The summed E-state index contributed by atoms with van der Waals surface area (Å²) < 4.78 is 16.8. The lowest BCUT2D eigenvalue weighted by atomic mass is 10.1. The van der Waals surface area contributed by atoms with E-state index in [2.05, 4.69) is 5.16 Å². The van der Waals surface area contributed by atoms with Crippen molar-refractivity contribution >= 4 is 27.7 Å². The molecule has 26 heavy (non-hydrogen) atoms. The van der Waals surface area contributed by atoms with Crippen molar-refractivity contribution in [1.82, 2.24) is 0 Å². The third-order valence-corrected chi connectivity index (χ3v) is 4.27. The molecule has 0 saturated carbocycles. The second-order valence-electron chi connectivity index (χ2n) is 5.82. The Labute approximate surface area is 150 Å². The molecule has 0 aliphatic heterocycles. The number of hydrogen-bond acceptors (Lipinski definition) is 5. The predicted molar refractivity (Wildman–Crippen MR) is 101 cm³/mol. The van der Waals surface area contributed by atoms with Gasteiger partial charge >= 0.3 is 0 Å². The summed E-state index contributed by atoms with van der Waals surface area (Å²) in [4.78, 5) is 0. The molecule has 1 aromatic heterocycles. The van der Waals surface area contributed by atoms with Crippen LogP contribution in [0.3, 0.4) is 0 Å². The summed E-state index contributed by atoms with van der Waals surface area (Å²) in [5, 5.41) is 14.7. The van der Waals surface area contributed by atoms with E-state index in [1.54, 1.807) is 7.11 Å². The highest BCUT2D eigenvalue weighted by Crippen LogP contribution is 2.31. The van der Waals surface area contributed by atoms with Crippen LogP contribution in [0.15, 0.2) is 76.3 Å². The molecule has 0 aliphatic carbocycles. The van der Waals surface area contributed by atoms with Gasteiger partial charge in [-0.25, -0.2) is 0 Å².